The van der Waals surface area contributed by atoms with E-state index >= 15 is 0 Å². The van der Waals surface area contributed by atoms with Gasteiger partial charge in [-0.15, -0.1) is 0 Å². The number of aliphatic carboxylic acids is 1. The van der Waals surface area contributed by atoms with Crippen molar-refractivity contribution in [2.45, 2.75) is 38.3 Å². The average Bonchev–Trinajstić information content (AvgIpc) is 2.34. The fourth-order valence-corrected chi connectivity index (χ4v) is 1.69. The van der Waals surface area contributed by atoms with Crippen LogP contribution in [0.2, 0.25) is 0 Å². The fourth-order valence-electron chi connectivity index (χ4n) is 1.69. The van der Waals surface area contributed by atoms with E-state index in [-0.39, 0.29) is 5.56 Å². The van der Waals surface area contributed by atoms with Gasteiger partial charge in [-0.25, -0.2) is 9.59 Å². The summed E-state index contributed by atoms with van der Waals surface area (Å²) in [4.78, 5) is 23.4. The number of rotatable bonds is 5. The first-order valence-electron chi connectivity index (χ1n) is 6.22. The number of hydrogen-bond acceptors (Lipinski definition) is 4. The van der Waals surface area contributed by atoms with Crippen LogP contribution in [0.4, 0.5) is 8.96 Å². The number of nitrogens with zero attached hydrogens (tertiary/aromatic N) is 1. The number of benzene rings is 1. The molecule has 1 aromatic carbocycles. The molecular formula is C14H17F2NO4. The lowest BCUT2D eigenvalue weighted by Gasteiger charge is -2.30. The first-order chi connectivity index (χ1) is 9.59. The standard InChI is InChI=1S/C14H17F2NO4/c1-13(2,3)21-12(20)14(11(18)19,17(15)16)9-10-7-5-4-6-8-10/h4-8H,9H2,1-3H3,(H,18,19)/t14-/m0/s1. The summed E-state index contributed by atoms with van der Waals surface area (Å²) in [5, 5.41) is 7.60. The van der Waals surface area contributed by atoms with Crippen molar-refractivity contribution in [2.24, 2.45) is 0 Å². The molecule has 0 heterocycles. The van der Waals surface area contributed by atoms with Gasteiger partial charge in [0, 0.05) is 6.42 Å². The Morgan fingerprint density at radius 3 is 2.10 bits per heavy atom. The van der Waals surface area contributed by atoms with E-state index in [1.807, 2.05) is 0 Å². The van der Waals surface area contributed by atoms with E-state index in [0.29, 0.717) is 0 Å². The maximum absolute atomic E-state index is 13.3. The minimum Gasteiger partial charge on any atom is -0.479 e. The molecule has 0 radical (unpaired) electrons. The van der Waals surface area contributed by atoms with Crippen molar-refractivity contribution >= 4 is 11.9 Å². The molecular weight excluding hydrogens is 284 g/mol. The van der Waals surface area contributed by atoms with Gasteiger partial charge in [0.2, 0.25) is 0 Å². The largest absolute Gasteiger partial charge is 0.479 e. The second-order valence-electron chi connectivity index (χ2n) is 5.56. The summed E-state index contributed by atoms with van der Waals surface area (Å²) in [7, 11) is 0. The molecule has 7 heteroatoms. The number of hydrogen-bond donors (Lipinski definition) is 1. The maximum atomic E-state index is 13.3. The molecule has 0 amide bonds. The van der Waals surface area contributed by atoms with Crippen molar-refractivity contribution in [1.82, 2.24) is 5.34 Å². The summed E-state index contributed by atoms with van der Waals surface area (Å²) in [6.45, 7) is 4.42. The van der Waals surface area contributed by atoms with Gasteiger partial charge < -0.3 is 9.84 Å². The van der Waals surface area contributed by atoms with Crippen LogP contribution in [0.15, 0.2) is 30.3 Å². The Morgan fingerprint density at radius 1 is 1.19 bits per heavy atom. The van der Waals surface area contributed by atoms with E-state index in [4.69, 9.17) is 4.74 Å². The van der Waals surface area contributed by atoms with E-state index in [9.17, 15) is 23.7 Å². The molecule has 0 aliphatic carbocycles. The number of esters is 1. The highest BCUT2D eigenvalue weighted by molar-refractivity contribution is 6.04. The highest BCUT2D eigenvalue weighted by Crippen LogP contribution is 2.27. The van der Waals surface area contributed by atoms with Crippen molar-refractivity contribution < 1.29 is 28.4 Å². The molecule has 0 aromatic heterocycles. The van der Waals surface area contributed by atoms with Gasteiger partial charge in [-0.2, -0.15) is 0 Å². The average molecular weight is 301 g/mol. The van der Waals surface area contributed by atoms with E-state index in [1.54, 1.807) is 18.2 Å². The summed E-state index contributed by atoms with van der Waals surface area (Å²) in [6.07, 6.45) is -0.703. The summed E-state index contributed by atoms with van der Waals surface area (Å²) in [6, 6.07) is 7.72. The van der Waals surface area contributed by atoms with Gasteiger partial charge in [0.15, 0.2) is 0 Å². The van der Waals surface area contributed by atoms with Gasteiger partial charge in [-0.3, -0.25) is 0 Å². The Hall–Kier alpha value is -2.02. The van der Waals surface area contributed by atoms with Crippen molar-refractivity contribution in [3.63, 3.8) is 0 Å². The molecule has 0 saturated heterocycles. The van der Waals surface area contributed by atoms with Crippen LogP contribution >= 0.6 is 0 Å². The van der Waals surface area contributed by atoms with Crippen LogP contribution in [0.25, 0.3) is 0 Å². The predicted octanol–water partition coefficient (Wildman–Crippen LogP) is 2.47. The second kappa shape index (κ2) is 6.17. The van der Waals surface area contributed by atoms with Gasteiger partial charge in [-0.05, 0) is 26.3 Å². The number of ether oxygens (including phenoxy) is 1. The number of carboxylic acids is 1. The van der Waals surface area contributed by atoms with Crippen LogP contribution in [0, 0.1) is 0 Å². The van der Waals surface area contributed by atoms with E-state index in [0.717, 1.165) is 0 Å². The highest BCUT2D eigenvalue weighted by Gasteiger charge is 2.56. The summed E-state index contributed by atoms with van der Waals surface area (Å²) < 4.78 is 31.4. The number of carbonyl (C=O) groups is 2. The van der Waals surface area contributed by atoms with E-state index < -0.39 is 34.8 Å². The van der Waals surface area contributed by atoms with E-state index in [2.05, 4.69) is 0 Å². The Morgan fingerprint density at radius 2 is 1.71 bits per heavy atom. The molecule has 0 unspecified atom stereocenters. The van der Waals surface area contributed by atoms with Gasteiger partial charge in [0.25, 0.3) is 5.54 Å². The summed E-state index contributed by atoms with van der Waals surface area (Å²) >= 11 is 0. The molecule has 1 atom stereocenters. The molecule has 0 spiro atoms. The molecule has 1 aromatic rings. The molecule has 116 valence electrons. The van der Waals surface area contributed by atoms with Gasteiger partial charge in [0.1, 0.15) is 5.60 Å². The minimum absolute atomic E-state index is 0.283. The third kappa shape index (κ3) is 3.98. The monoisotopic (exact) mass is 301 g/mol. The Labute approximate surface area is 121 Å². The zero-order chi connectivity index (χ0) is 16.3. The smallest absolute Gasteiger partial charge is 0.344 e. The molecule has 21 heavy (non-hydrogen) atoms. The Balaban J connectivity index is 3.22. The highest BCUT2D eigenvalue weighted by atomic mass is 19.4. The Bertz CT molecular complexity index is 513. The fraction of sp³-hybridized carbons (Fsp3) is 0.429. The van der Waals surface area contributed by atoms with Crippen LogP contribution in [0.3, 0.4) is 0 Å². The topological polar surface area (TPSA) is 66.8 Å². The van der Waals surface area contributed by atoms with Crippen LogP contribution < -0.4 is 0 Å². The molecule has 0 fully saturated rings. The van der Waals surface area contributed by atoms with Crippen molar-refractivity contribution in [3.05, 3.63) is 35.9 Å². The van der Waals surface area contributed by atoms with Crippen LogP contribution in [0.5, 0.6) is 0 Å². The van der Waals surface area contributed by atoms with Crippen LogP contribution in [-0.4, -0.2) is 33.5 Å². The van der Waals surface area contributed by atoms with Crippen molar-refractivity contribution in [2.75, 3.05) is 0 Å². The van der Waals surface area contributed by atoms with Crippen LogP contribution in [0.1, 0.15) is 26.3 Å². The zero-order valence-corrected chi connectivity index (χ0v) is 12.0. The number of halogens is 2. The molecule has 1 N–H and O–H groups in total. The first kappa shape index (κ1) is 17.0. The molecule has 0 aliphatic heterocycles. The zero-order valence-electron chi connectivity index (χ0n) is 12.0. The third-order valence-corrected chi connectivity index (χ3v) is 2.68. The van der Waals surface area contributed by atoms with Gasteiger partial charge in [0.05, 0.1) is 5.34 Å². The lowest BCUT2D eigenvalue weighted by molar-refractivity contribution is -0.246. The quantitative estimate of drug-likeness (QED) is 0.514. The lowest BCUT2D eigenvalue weighted by atomic mass is 9.91. The predicted molar refractivity (Wildman–Crippen MR) is 70.4 cm³/mol. The molecule has 0 bridgehead atoms. The van der Waals surface area contributed by atoms with Crippen molar-refractivity contribution in [3.8, 4) is 0 Å². The molecule has 0 aliphatic rings. The van der Waals surface area contributed by atoms with Gasteiger partial charge >= 0.3 is 11.9 Å². The normalized spacial score (nSPS) is 14.6. The third-order valence-electron chi connectivity index (χ3n) is 2.68. The first-order valence-corrected chi connectivity index (χ1v) is 6.22. The van der Waals surface area contributed by atoms with Gasteiger partial charge in [-0.1, -0.05) is 39.3 Å². The SMILES string of the molecule is CC(C)(C)OC(=O)[C@](Cc1ccccc1)(C(=O)O)N(F)F. The van der Waals surface area contributed by atoms with E-state index in [1.165, 1.54) is 32.9 Å². The number of carbonyl (C=O) groups excluding carboxylic acids is 1. The molecule has 5 nitrogen and oxygen atoms in total. The van der Waals surface area contributed by atoms with Crippen LogP contribution in [-0.2, 0) is 20.7 Å². The number of carboxylic acid groups (broad SMARTS) is 1. The minimum atomic E-state index is -3.07. The second-order valence-corrected chi connectivity index (χ2v) is 5.56. The molecule has 1 rings (SSSR count). The maximum Gasteiger partial charge on any atom is 0.344 e. The summed E-state index contributed by atoms with van der Waals surface area (Å²) in [5.41, 5.74) is -3.87. The van der Waals surface area contributed by atoms with Crippen molar-refractivity contribution in [1.29, 1.82) is 0 Å². The summed E-state index contributed by atoms with van der Waals surface area (Å²) in [5.74, 6) is -3.47. The Kier molecular flexibility index (Phi) is 5.01. The lowest BCUT2D eigenvalue weighted by Crippen LogP contribution is -2.58. The molecule has 0 saturated carbocycles.